The Labute approximate surface area is 125 Å². The first-order valence-corrected chi connectivity index (χ1v) is 8.44. The number of fused-ring (bicyclic) bond motifs is 1. The molecule has 4 nitrogen and oxygen atoms in total. The highest BCUT2D eigenvalue weighted by atomic mass is 32.1. The standard InChI is InChI=1S/C15H25N3OS/c1-15(19-3)8-5-9-18(10-15)14-17-12-7-4-6-11(16-2)13(12)20-14/h11,16H,4-10H2,1-3H3. The normalized spacial score (nSPS) is 30.4. The van der Waals surface area contributed by atoms with Crippen LogP contribution in [-0.2, 0) is 11.2 Å². The highest BCUT2D eigenvalue weighted by molar-refractivity contribution is 7.15. The molecule has 1 fully saturated rings. The topological polar surface area (TPSA) is 37.4 Å². The molecule has 5 heteroatoms. The van der Waals surface area contributed by atoms with Crippen molar-refractivity contribution in [3.05, 3.63) is 10.6 Å². The van der Waals surface area contributed by atoms with Crippen molar-refractivity contribution in [2.75, 3.05) is 32.1 Å². The van der Waals surface area contributed by atoms with Gasteiger partial charge in [-0.15, -0.1) is 0 Å². The molecule has 1 saturated heterocycles. The molecule has 0 spiro atoms. The molecule has 1 aromatic heterocycles. The number of piperidine rings is 1. The van der Waals surface area contributed by atoms with E-state index in [4.69, 9.17) is 9.72 Å². The molecule has 1 N–H and O–H groups in total. The van der Waals surface area contributed by atoms with Crippen molar-refractivity contribution < 1.29 is 4.74 Å². The van der Waals surface area contributed by atoms with Crippen LogP contribution in [0.25, 0.3) is 0 Å². The van der Waals surface area contributed by atoms with Crippen molar-refractivity contribution in [3.8, 4) is 0 Å². The molecule has 1 aliphatic carbocycles. The number of ether oxygens (including phenoxy) is 1. The van der Waals surface area contributed by atoms with Crippen LogP contribution in [0.15, 0.2) is 0 Å². The van der Waals surface area contributed by atoms with E-state index in [1.165, 1.54) is 35.0 Å². The smallest absolute Gasteiger partial charge is 0.185 e. The maximum absolute atomic E-state index is 5.70. The molecule has 3 rings (SSSR count). The lowest BCUT2D eigenvalue weighted by molar-refractivity contribution is -0.00466. The van der Waals surface area contributed by atoms with E-state index in [1.54, 1.807) is 0 Å². The molecule has 0 aromatic carbocycles. The van der Waals surface area contributed by atoms with Crippen molar-refractivity contribution in [1.29, 1.82) is 0 Å². The van der Waals surface area contributed by atoms with Crippen LogP contribution < -0.4 is 10.2 Å². The quantitative estimate of drug-likeness (QED) is 0.930. The van der Waals surface area contributed by atoms with E-state index in [0.717, 1.165) is 25.9 Å². The third-order valence-electron chi connectivity index (χ3n) is 4.71. The van der Waals surface area contributed by atoms with Gasteiger partial charge in [0.1, 0.15) is 0 Å². The predicted octanol–water partition coefficient (Wildman–Crippen LogP) is 2.75. The summed E-state index contributed by atoms with van der Waals surface area (Å²) in [6.07, 6.45) is 5.95. The lowest BCUT2D eigenvalue weighted by Crippen LogP contribution is -2.47. The average molecular weight is 295 g/mol. The minimum absolute atomic E-state index is 0.0210. The van der Waals surface area contributed by atoms with Gasteiger partial charge in [-0.05, 0) is 46.1 Å². The maximum atomic E-state index is 5.70. The summed E-state index contributed by atoms with van der Waals surface area (Å²) in [4.78, 5) is 8.80. The Morgan fingerprint density at radius 2 is 2.30 bits per heavy atom. The summed E-state index contributed by atoms with van der Waals surface area (Å²) < 4.78 is 5.70. The molecule has 0 radical (unpaired) electrons. The minimum atomic E-state index is -0.0210. The number of anilines is 1. The molecule has 2 atom stereocenters. The van der Waals surface area contributed by atoms with Crippen LogP contribution >= 0.6 is 11.3 Å². The van der Waals surface area contributed by atoms with Crippen molar-refractivity contribution >= 4 is 16.5 Å². The van der Waals surface area contributed by atoms with Crippen LogP contribution in [-0.4, -0.2) is 37.8 Å². The molecule has 0 saturated carbocycles. The Morgan fingerprint density at radius 1 is 1.45 bits per heavy atom. The van der Waals surface area contributed by atoms with Crippen LogP contribution in [0.2, 0.25) is 0 Å². The van der Waals surface area contributed by atoms with Crippen molar-refractivity contribution in [2.24, 2.45) is 0 Å². The number of rotatable bonds is 3. The SMILES string of the molecule is CNC1CCCc2nc(N3CCCC(C)(OC)C3)sc21. The molecule has 112 valence electrons. The second-order valence-corrected chi connectivity index (χ2v) is 7.23. The Hall–Kier alpha value is -0.650. The summed E-state index contributed by atoms with van der Waals surface area (Å²) in [5, 5.41) is 4.63. The number of thiazole rings is 1. The summed E-state index contributed by atoms with van der Waals surface area (Å²) in [7, 11) is 3.88. The molecule has 1 aliphatic heterocycles. The van der Waals surface area contributed by atoms with Crippen molar-refractivity contribution in [3.63, 3.8) is 0 Å². The zero-order valence-corrected chi connectivity index (χ0v) is 13.6. The highest BCUT2D eigenvalue weighted by Crippen LogP contribution is 2.39. The molecular weight excluding hydrogens is 270 g/mol. The monoisotopic (exact) mass is 295 g/mol. The van der Waals surface area contributed by atoms with Gasteiger partial charge in [-0.3, -0.25) is 0 Å². The van der Waals surface area contributed by atoms with Gasteiger partial charge in [-0.25, -0.2) is 4.98 Å². The zero-order valence-electron chi connectivity index (χ0n) is 12.7. The highest BCUT2D eigenvalue weighted by Gasteiger charge is 2.33. The number of aryl methyl sites for hydroxylation is 1. The number of aromatic nitrogens is 1. The first-order chi connectivity index (χ1) is 9.65. The van der Waals surface area contributed by atoms with Crippen molar-refractivity contribution in [2.45, 2.75) is 50.7 Å². The second kappa shape index (κ2) is 5.62. The van der Waals surface area contributed by atoms with E-state index in [1.807, 2.05) is 18.4 Å². The van der Waals surface area contributed by atoms with Crippen LogP contribution in [0, 0.1) is 0 Å². The molecular formula is C15H25N3OS. The number of hydrogen-bond acceptors (Lipinski definition) is 5. The predicted molar refractivity (Wildman–Crippen MR) is 83.7 cm³/mol. The van der Waals surface area contributed by atoms with E-state index in [2.05, 4.69) is 24.2 Å². The lowest BCUT2D eigenvalue weighted by atomic mass is 9.95. The molecule has 2 aliphatic rings. The van der Waals surface area contributed by atoms with Crippen LogP contribution in [0.4, 0.5) is 5.13 Å². The van der Waals surface area contributed by atoms with Gasteiger partial charge in [0, 0.05) is 31.1 Å². The van der Waals surface area contributed by atoms with Gasteiger partial charge in [0.25, 0.3) is 0 Å². The van der Waals surface area contributed by atoms with E-state index in [-0.39, 0.29) is 5.60 Å². The van der Waals surface area contributed by atoms with Gasteiger partial charge in [0.2, 0.25) is 0 Å². The van der Waals surface area contributed by atoms with Gasteiger partial charge in [-0.1, -0.05) is 11.3 Å². The largest absolute Gasteiger partial charge is 0.377 e. The first-order valence-electron chi connectivity index (χ1n) is 7.62. The molecule has 1 aromatic rings. The van der Waals surface area contributed by atoms with Gasteiger partial charge in [0.15, 0.2) is 5.13 Å². The first kappa shape index (κ1) is 14.3. The van der Waals surface area contributed by atoms with Gasteiger partial charge >= 0.3 is 0 Å². The van der Waals surface area contributed by atoms with Crippen molar-refractivity contribution in [1.82, 2.24) is 10.3 Å². The summed E-state index contributed by atoms with van der Waals surface area (Å²) >= 11 is 1.88. The number of nitrogens with zero attached hydrogens (tertiary/aromatic N) is 2. The Bertz CT molecular complexity index is 476. The Balaban J connectivity index is 1.82. The zero-order chi connectivity index (χ0) is 14.2. The summed E-state index contributed by atoms with van der Waals surface area (Å²) in [6, 6.07) is 0.503. The van der Waals surface area contributed by atoms with E-state index in [0.29, 0.717) is 6.04 Å². The minimum Gasteiger partial charge on any atom is -0.377 e. The number of nitrogens with one attached hydrogen (secondary N) is 1. The molecule has 2 heterocycles. The van der Waals surface area contributed by atoms with E-state index < -0.39 is 0 Å². The fourth-order valence-corrected chi connectivity index (χ4v) is 4.63. The molecule has 0 bridgehead atoms. The van der Waals surface area contributed by atoms with E-state index in [9.17, 15) is 0 Å². The van der Waals surface area contributed by atoms with Crippen LogP contribution in [0.3, 0.4) is 0 Å². The second-order valence-electron chi connectivity index (χ2n) is 6.22. The van der Waals surface area contributed by atoms with Crippen LogP contribution in [0.5, 0.6) is 0 Å². The van der Waals surface area contributed by atoms with E-state index >= 15 is 0 Å². The fourth-order valence-electron chi connectivity index (χ4n) is 3.35. The van der Waals surface area contributed by atoms with Gasteiger partial charge in [0.05, 0.1) is 11.3 Å². The number of methoxy groups -OCH3 is 1. The Morgan fingerprint density at radius 3 is 3.05 bits per heavy atom. The third-order valence-corrected chi connectivity index (χ3v) is 5.98. The average Bonchev–Trinajstić information content (AvgIpc) is 2.91. The maximum Gasteiger partial charge on any atom is 0.185 e. The molecule has 0 amide bonds. The molecule has 2 unspecified atom stereocenters. The lowest BCUT2D eigenvalue weighted by Gasteiger charge is -2.39. The number of hydrogen-bond donors (Lipinski definition) is 1. The molecule has 20 heavy (non-hydrogen) atoms. The van der Waals surface area contributed by atoms with Gasteiger partial charge in [-0.2, -0.15) is 0 Å². The fraction of sp³-hybridized carbons (Fsp3) is 0.800. The summed E-state index contributed by atoms with van der Waals surface area (Å²) in [5.74, 6) is 0. The summed E-state index contributed by atoms with van der Waals surface area (Å²) in [5.41, 5.74) is 1.30. The van der Waals surface area contributed by atoms with Gasteiger partial charge < -0.3 is 15.0 Å². The third kappa shape index (κ3) is 2.59. The summed E-state index contributed by atoms with van der Waals surface area (Å²) in [6.45, 7) is 4.28. The van der Waals surface area contributed by atoms with Crippen LogP contribution in [0.1, 0.15) is 49.2 Å². The Kier molecular flexibility index (Phi) is 4.02.